The molecular formula is C8H6Cl3NO3S. The molecule has 88 valence electrons. The van der Waals surface area contributed by atoms with E-state index in [-0.39, 0.29) is 10.2 Å². The third-order valence-corrected chi connectivity index (χ3v) is 2.57. The van der Waals surface area contributed by atoms with Crippen molar-refractivity contribution in [2.75, 3.05) is 6.26 Å². The molecule has 16 heavy (non-hydrogen) atoms. The predicted molar refractivity (Wildman–Crippen MR) is 64.8 cm³/mol. The molecule has 0 radical (unpaired) electrons. The van der Waals surface area contributed by atoms with Crippen molar-refractivity contribution in [2.45, 2.75) is 0 Å². The SMILES string of the molecule is CS(=O)(=O)O/N=C(\Cl)c1ccc(Cl)cc1Cl. The van der Waals surface area contributed by atoms with Gasteiger partial charge in [0, 0.05) is 10.6 Å². The van der Waals surface area contributed by atoms with Crippen LogP contribution in [0.1, 0.15) is 5.56 Å². The monoisotopic (exact) mass is 301 g/mol. The maximum Gasteiger partial charge on any atom is 0.325 e. The van der Waals surface area contributed by atoms with Crippen molar-refractivity contribution in [3.63, 3.8) is 0 Å². The Kier molecular flexibility index (Phi) is 4.43. The lowest BCUT2D eigenvalue weighted by atomic mass is 10.2. The van der Waals surface area contributed by atoms with Crippen LogP contribution in [-0.2, 0) is 14.4 Å². The zero-order chi connectivity index (χ0) is 12.3. The van der Waals surface area contributed by atoms with Crippen LogP contribution in [0.15, 0.2) is 23.4 Å². The first-order valence-electron chi connectivity index (χ1n) is 3.87. The van der Waals surface area contributed by atoms with E-state index in [1.807, 2.05) is 0 Å². The van der Waals surface area contributed by atoms with E-state index in [9.17, 15) is 8.42 Å². The van der Waals surface area contributed by atoms with E-state index in [1.165, 1.54) is 12.1 Å². The van der Waals surface area contributed by atoms with Crippen LogP contribution in [0.4, 0.5) is 0 Å². The standard InChI is InChI=1S/C8H6Cl3NO3S/c1-16(13,14)15-12-8(11)6-3-2-5(9)4-7(6)10/h2-4H,1H3/b12-8-. The summed E-state index contributed by atoms with van der Waals surface area (Å²) < 4.78 is 25.5. The molecule has 0 aliphatic carbocycles. The van der Waals surface area contributed by atoms with E-state index in [0.717, 1.165) is 6.26 Å². The van der Waals surface area contributed by atoms with Crippen molar-refractivity contribution in [1.29, 1.82) is 0 Å². The fraction of sp³-hybridized carbons (Fsp3) is 0.125. The predicted octanol–water partition coefficient (Wildman–Crippen LogP) is 2.87. The molecule has 1 aromatic rings. The lowest BCUT2D eigenvalue weighted by molar-refractivity contribution is 0.344. The fourth-order valence-electron chi connectivity index (χ4n) is 0.806. The molecule has 0 bridgehead atoms. The third-order valence-electron chi connectivity index (χ3n) is 1.41. The van der Waals surface area contributed by atoms with Crippen LogP contribution in [0.3, 0.4) is 0 Å². The smallest absolute Gasteiger partial charge is 0.267 e. The molecule has 0 aromatic heterocycles. The average Bonchev–Trinajstić information content (AvgIpc) is 2.13. The van der Waals surface area contributed by atoms with E-state index in [4.69, 9.17) is 34.8 Å². The summed E-state index contributed by atoms with van der Waals surface area (Å²) in [6.45, 7) is 0. The molecule has 1 aromatic carbocycles. The second kappa shape index (κ2) is 5.23. The van der Waals surface area contributed by atoms with Gasteiger partial charge in [-0.25, -0.2) is 0 Å². The molecule has 0 heterocycles. The van der Waals surface area contributed by atoms with E-state index >= 15 is 0 Å². The minimum Gasteiger partial charge on any atom is -0.267 e. The van der Waals surface area contributed by atoms with Gasteiger partial charge < -0.3 is 0 Å². The fourth-order valence-corrected chi connectivity index (χ4v) is 1.80. The van der Waals surface area contributed by atoms with Crippen LogP contribution >= 0.6 is 34.8 Å². The molecule has 0 fully saturated rings. The third kappa shape index (κ3) is 4.17. The zero-order valence-electron chi connectivity index (χ0n) is 7.95. The van der Waals surface area contributed by atoms with Crippen molar-refractivity contribution >= 4 is 50.1 Å². The van der Waals surface area contributed by atoms with Crippen LogP contribution in [0.5, 0.6) is 0 Å². The Bertz CT molecular complexity index is 527. The molecular weight excluding hydrogens is 297 g/mol. The summed E-state index contributed by atoms with van der Waals surface area (Å²) in [6, 6.07) is 4.50. The van der Waals surface area contributed by atoms with Crippen molar-refractivity contribution in [3.05, 3.63) is 33.8 Å². The summed E-state index contributed by atoms with van der Waals surface area (Å²) in [4.78, 5) is 0. The highest BCUT2D eigenvalue weighted by Gasteiger charge is 2.08. The van der Waals surface area contributed by atoms with Gasteiger partial charge in [-0.3, -0.25) is 4.28 Å². The highest BCUT2D eigenvalue weighted by Crippen LogP contribution is 2.22. The largest absolute Gasteiger partial charge is 0.325 e. The molecule has 0 unspecified atom stereocenters. The normalized spacial score (nSPS) is 12.6. The molecule has 0 aliphatic heterocycles. The molecule has 0 saturated carbocycles. The average molecular weight is 303 g/mol. The van der Waals surface area contributed by atoms with Crippen LogP contribution in [0.25, 0.3) is 0 Å². The highest BCUT2D eigenvalue weighted by atomic mass is 35.5. The summed E-state index contributed by atoms with van der Waals surface area (Å²) >= 11 is 17.2. The van der Waals surface area contributed by atoms with Gasteiger partial charge >= 0.3 is 10.1 Å². The lowest BCUT2D eigenvalue weighted by Crippen LogP contribution is -2.00. The van der Waals surface area contributed by atoms with Crippen molar-refractivity contribution < 1.29 is 12.7 Å². The quantitative estimate of drug-likeness (QED) is 0.637. The molecule has 1 rings (SSSR count). The van der Waals surface area contributed by atoms with Crippen molar-refractivity contribution in [3.8, 4) is 0 Å². The Morgan fingerprint density at radius 1 is 1.38 bits per heavy atom. The van der Waals surface area contributed by atoms with Gasteiger partial charge in [-0.15, -0.1) is 0 Å². The summed E-state index contributed by atoms with van der Waals surface area (Å²) in [7, 11) is -3.69. The Balaban J connectivity index is 3.01. The molecule has 0 spiro atoms. The first kappa shape index (κ1) is 13.6. The van der Waals surface area contributed by atoms with Gasteiger partial charge in [0.05, 0.1) is 11.3 Å². The lowest BCUT2D eigenvalue weighted by Gasteiger charge is -2.01. The van der Waals surface area contributed by atoms with Gasteiger partial charge in [-0.2, -0.15) is 8.42 Å². The Morgan fingerprint density at radius 3 is 2.50 bits per heavy atom. The topological polar surface area (TPSA) is 55.7 Å². The van der Waals surface area contributed by atoms with Crippen LogP contribution < -0.4 is 0 Å². The van der Waals surface area contributed by atoms with E-state index in [2.05, 4.69) is 9.44 Å². The maximum absolute atomic E-state index is 10.7. The van der Waals surface area contributed by atoms with E-state index < -0.39 is 10.1 Å². The van der Waals surface area contributed by atoms with Gasteiger partial charge in [0.25, 0.3) is 0 Å². The van der Waals surface area contributed by atoms with Crippen molar-refractivity contribution in [1.82, 2.24) is 0 Å². The molecule has 0 saturated heterocycles. The second-order valence-corrected chi connectivity index (χ2v) is 5.54. The number of nitrogens with zero attached hydrogens (tertiary/aromatic N) is 1. The van der Waals surface area contributed by atoms with Crippen LogP contribution in [0.2, 0.25) is 10.0 Å². The van der Waals surface area contributed by atoms with Gasteiger partial charge in [0.15, 0.2) is 5.17 Å². The summed E-state index contributed by atoms with van der Waals surface area (Å²) in [6.07, 6.45) is 0.851. The van der Waals surface area contributed by atoms with E-state index in [0.29, 0.717) is 10.6 Å². The Labute approximate surface area is 108 Å². The Morgan fingerprint density at radius 2 is 2.00 bits per heavy atom. The van der Waals surface area contributed by atoms with Crippen molar-refractivity contribution in [2.24, 2.45) is 5.16 Å². The maximum atomic E-state index is 10.7. The van der Waals surface area contributed by atoms with Gasteiger partial charge in [0.2, 0.25) is 0 Å². The second-order valence-electron chi connectivity index (χ2n) is 2.78. The van der Waals surface area contributed by atoms with E-state index in [1.54, 1.807) is 6.07 Å². The number of halogens is 3. The highest BCUT2D eigenvalue weighted by molar-refractivity contribution is 7.85. The number of rotatable bonds is 3. The first-order chi connectivity index (χ1) is 7.29. The number of oxime groups is 1. The zero-order valence-corrected chi connectivity index (χ0v) is 11.0. The molecule has 4 nitrogen and oxygen atoms in total. The number of hydrogen-bond acceptors (Lipinski definition) is 4. The minimum atomic E-state index is -3.69. The first-order valence-corrected chi connectivity index (χ1v) is 6.82. The number of benzene rings is 1. The molecule has 0 N–H and O–H groups in total. The molecule has 0 amide bonds. The Hall–Kier alpha value is -0.490. The number of hydrogen-bond donors (Lipinski definition) is 0. The molecule has 0 atom stereocenters. The van der Waals surface area contributed by atoms with Crippen LogP contribution in [0, 0.1) is 0 Å². The molecule has 8 heteroatoms. The molecule has 0 aliphatic rings. The van der Waals surface area contributed by atoms with Crippen LogP contribution in [-0.4, -0.2) is 19.8 Å². The summed E-state index contributed by atoms with van der Waals surface area (Å²) in [5, 5.41) is 3.73. The van der Waals surface area contributed by atoms with Gasteiger partial charge in [0.1, 0.15) is 0 Å². The summed E-state index contributed by atoms with van der Waals surface area (Å²) in [5.74, 6) is 0. The summed E-state index contributed by atoms with van der Waals surface area (Å²) in [5.41, 5.74) is 0.330. The van der Waals surface area contributed by atoms with Gasteiger partial charge in [-0.05, 0) is 18.2 Å². The minimum absolute atomic E-state index is 0.174. The van der Waals surface area contributed by atoms with Gasteiger partial charge in [-0.1, -0.05) is 40.0 Å².